The smallest absolute Gasteiger partial charge is 0.0474 e. The van der Waals surface area contributed by atoms with E-state index in [2.05, 4.69) is 40.8 Å². The van der Waals surface area contributed by atoms with Crippen LogP contribution in [0.3, 0.4) is 0 Å². The quantitative estimate of drug-likeness (QED) is 0.352. The lowest BCUT2D eigenvalue weighted by Gasteiger charge is -2.22. The predicted octanol–water partition coefficient (Wildman–Crippen LogP) is 5.58. The summed E-state index contributed by atoms with van der Waals surface area (Å²) in [5.74, 6) is 1.64. The van der Waals surface area contributed by atoms with Gasteiger partial charge in [-0.25, -0.2) is 0 Å². The molecule has 0 unspecified atom stereocenters. The van der Waals surface area contributed by atoms with Gasteiger partial charge < -0.3 is 4.74 Å². The van der Waals surface area contributed by atoms with E-state index in [1.807, 2.05) is 0 Å². The van der Waals surface area contributed by atoms with Crippen molar-refractivity contribution in [1.82, 2.24) is 0 Å². The fourth-order valence-electron chi connectivity index (χ4n) is 2.19. The Bertz CT molecular complexity index is 188. The lowest BCUT2D eigenvalue weighted by atomic mass is 10.1. The molecule has 1 nitrogen and oxygen atoms in total. The molecule has 0 aliphatic heterocycles. The van der Waals surface area contributed by atoms with E-state index >= 15 is 0 Å². The summed E-state index contributed by atoms with van der Waals surface area (Å²) < 4.78 is 5.70. The summed E-state index contributed by atoms with van der Waals surface area (Å²) in [7, 11) is -0.932. The second-order valence-corrected chi connectivity index (χ2v) is 12.7. The van der Waals surface area contributed by atoms with Gasteiger partial charge in [0.05, 0.1) is 0 Å². The van der Waals surface area contributed by atoms with Crippen LogP contribution in [0.2, 0.25) is 25.2 Å². The van der Waals surface area contributed by atoms with E-state index in [0.717, 1.165) is 25.0 Å². The molecule has 0 fully saturated rings. The molecule has 2 heteroatoms. The topological polar surface area (TPSA) is 9.23 Å². The first-order valence-corrected chi connectivity index (χ1v) is 11.3. The van der Waals surface area contributed by atoms with E-state index in [0.29, 0.717) is 0 Å². The van der Waals surface area contributed by atoms with Crippen molar-refractivity contribution in [3.05, 3.63) is 0 Å². The molecule has 0 rings (SSSR count). The molecule has 110 valence electrons. The average Bonchev–Trinajstić information content (AvgIpc) is 2.21. The Kier molecular flexibility index (Phi) is 10.1. The highest BCUT2D eigenvalue weighted by atomic mass is 28.3. The summed E-state index contributed by atoms with van der Waals surface area (Å²) >= 11 is 0. The molecule has 0 spiro atoms. The van der Waals surface area contributed by atoms with Crippen molar-refractivity contribution in [1.29, 1.82) is 0 Å². The van der Waals surface area contributed by atoms with Crippen LogP contribution < -0.4 is 0 Å². The van der Waals surface area contributed by atoms with E-state index in [9.17, 15) is 0 Å². The van der Waals surface area contributed by atoms with Gasteiger partial charge in [0.2, 0.25) is 0 Å². The molecule has 0 aromatic heterocycles. The lowest BCUT2D eigenvalue weighted by molar-refractivity contribution is 0.124. The van der Waals surface area contributed by atoms with Gasteiger partial charge in [0.15, 0.2) is 0 Å². The monoisotopic (exact) mass is 272 g/mol. The molecule has 0 atom stereocenters. The second kappa shape index (κ2) is 10.0. The number of hydrogen-bond acceptors (Lipinski definition) is 1. The highest BCUT2D eigenvalue weighted by Crippen LogP contribution is 2.22. The minimum atomic E-state index is -0.932. The van der Waals surface area contributed by atoms with Gasteiger partial charge in [0.1, 0.15) is 0 Å². The van der Waals surface area contributed by atoms with Gasteiger partial charge in [-0.2, -0.15) is 0 Å². The minimum Gasteiger partial charge on any atom is -0.381 e. The van der Waals surface area contributed by atoms with E-state index in [-0.39, 0.29) is 0 Å². The molecular weight excluding hydrogens is 236 g/mol. The van der Waals surface area contributed by atoms with Crippen molar-refractivity contribution in [2.24, 2.45) is 11.8 Å². The maximum Gasteiger partial charge on any atom is 0.0474 e. The van der Waals surface area contributed by atoms with Crippen molar-refractivity contribution in [2.45, 2.75) is 78.6 Å². The highest BCUT2D eigenvalue weighted by Gasteiger charge is 2.19. The SMILES string of the molecule is CC(C)CCC[Si](C)(C)CCCOCCC(C)C. The van der Waals surface area contributed by atoms with Crippen LogP contribution in [0.5, 0.6) is 0 Å². The van der Waals surface area contributed by atoms with Crippen LogP contribution in [-0.4, -0.2) is 21.3 Å². The van der Waals surface area contributed by atoms with Crippen LogP contribution in [0.1, 0.15) is 53.4 Å². The first-order valence-electron chi connectivity index (χ1n) is 7.91. The summed E-state index contributed by atoms with van der Waals surface area (Å²) in [5.41, 5.74) is 0. The maximum absolute atomic E-state index is 5.70. The first-order chi connectivity index (χ1) is 8.33. The normalized spacial score (nSPS) is 12.7. The van der Waals surface area contributed by atoms with Crippen LogP contribution in [0.4, 0.5) is 0 Å². The van der Waals surface area contributed by atoms with Gasteiger partial charge in [0.25, 0.3) is 0 Å². The number of hydrogen-bond donors (Lipinski definition) is 0. The molecule has 18 heavy (non-hydrogen) atoms. The standard InChI is InChI=1S/C16H36OSi/c1-15(2)9-7-13-18(5,6)14-8-11-17-12-10-16(3)4/h15-16H,7-14H2,1-6H3. The molecule has 0 bridgehead atoms. The van der Waals surface area contributed by atoms with Crippen molar-refractivity contribution < 1.29 is 4.74 Å². The van der Waals surface area contributed by atoms with Crippen LogP contribution >= 0.6 is 0 Å². The highest BCUT2D eigenvalue weighted by molar-refractivity contribution is 6.77. The molecular formula is C16H36OSi. The molecule has 0 saturated heterocycles. The summed E-state index contributed by atoms with van der Waals surface area (Å²) in [4.78, 5) is 0. The zero-order valence-electron chi connectivity index (χ0n) is 13.7. The second-order valence-electron chi connectivity index (χ2n) is 7.35. The van der Waals surface area contributed by atoms with Gasteiger partial charge in [-0.1, -0.05) is 65.7 Å². The zero-order chi connectivity index (χ0) is 14.0. The minimum absolute atomic E-state index is 0.770. The molecule has 0 heterocycles. The van der Waals surface area contributed by atoms with Gasteiger partial charge in [0, 0.05) is 21.3 Å². The van der Waals surface area contributed by atoms with E-state index in [1.165, 1.54) is 37.8 Å². The summed E-state index contributed by atoms with van der Waals surface area (Å²) in [5, 5.41) is 0. The Labute approximate surface area is 117 Å². The average molecular weight is 273 g/mol. The van der Waals surface area contributed by atoms with Crippen molar-refractivity contribution in [3.8, 4) is 0 Å². The molecule has 0 amide bonds. The van der Waals surface area contributed by atoms with Gasteiger partial charge in [-0.3, -0.25) is 0 Å². The lowest BCUT2D eigenvalue weighted by Crippen LogP contribution is -2.25. The number of ether oxygens (including phenoxy) is 1. The molecule has 0 aromatic rings. The molecule has 0 aromatic carbocycles. The van der Waals surface area contributed by atoms with Crippen molar-refractivity contribution in [2.75, 3.05) is 13.2 Å². The van der Waals surface area contributed by atoms with Gasteiger partial charge in [-0.05, 0) is 24.7 Å². The Hall–Kier alpha value is 0.177. The molecule has 0 radical (unpaired) electrons. The van der Waals surface area contributed by atoms with Crippen LogP contribution in [0.25, 0.3) is 0 Å². The summed E-state index contributed by atoms with van der Waals surface area (Å²) in [6, 6.07) is 2.93. The number of rotatable bonds is 11. The third-order valence-electron chi connectivity index (χ3n) is 3.62. The third-order valence-corrected chi connectivity index (χ3v) is 7.03. The van der Waals surface area contributed by atoms with E-state index in [4.69, 9.17) is 4.74 Å². The third kappa shape index (κ3) is 12.6. The summed E-state index contributed by atoms with van der Waals surface area (Å²) in [6.45, 7) is 16.2. The Morgan fingerprint density at radius 3 is 1.89 bits per heavy atom. The first kappa shape index (κ1) is 18.2. The largest absolute Gasteiger partial charge is 0.381 e. The fourth-order valence-corrected chi connectivity index (χ4v) is 4.70. The predicted molar refractivity (Wildman–Crippen MR) is 86.1 cm³/mol. The molecule has 0 aliphatic carbocycles. The Morgan fingerprint density at radius 2 is 1.33 bits per heavy atom. The molecule has 0 N–H and O–H groups in total. The molecule has 0 saturated carbocycles. The van der Waals surface area contributed by atoms with Crippen molar-refractivity contribution in [3.63, 3.8) is 0 Å². The van der Waals surface area contributed by atoms with Gasteiger partial charge in [-0.15, -0.1) is 0 Å². The maximum atomic E-state index is 5.70. The zero-order valence-corrected chi connectivity index (χ0v) is 14.7. The summed E-state index contributed by atoms with van der Waals surface area (Å²) in [6.07, 6.45) is 5.32. The van der Waals surface area contributed by atoms with Crippen molar-refractivity contribution >= 4 is 8.07 Å². The van der Waals surface area contributed by atoms with E-state index < -0.39 is 8.07 Å². The van der Waals surface area contributed by atoms with Crippen LogP contribution in [0.15, 0.2) is 0 Å². The van der Waals surface area contributed by atoms with Crippen LogP contribution in [-0.2, 0) is 4.74 Å². The Morgan fingerprint density at radius 1 is 0.778 bits per heavy atom. The molecule has 0 aliphatic rings. The fraction of sp³-hybridized carbons (Fsp3) is 1.00. The van der Waals surface area contributed by atoms with Gasteiger partial charge >= 0.3 is 0 Å². The van der Waals surface area contributed by atoms with E-state index in [1.54, 1.807) is 0 Å². The Balaban J connectivity index is 3.46. The van der Waals surface area contributed by atoms with Crippen LogP contribution in [0, 0.1) is 11.8 Å².